The predicted octanol–water partition coefficient (Wildman–Crippen LogP) is 4.16. The number of carbonyl (C=O) groups excluding carboxylic acids is 2. The van der Waals surface area contributed by atoms with Crippen LogP contribution < -0.4 is 16.0 Å². The number of urea groups is 1. The molecule has 0 spiro atoms. The van der Waals surface area contributed by atoms with Gasteiger partial charge < -0.3 is 20.7 Å². The molecule has 2 aromatic carbocycles. The second-order valence-corrected chi connectivity index (χ2v) is 7.50. The molecule has 0 aromatic heterocycles. The van der Waals surface area contributed by atoms with Crippen LogP contribution >= 0.6 is 11.6 Å². The van der Waals surface area contributed by atoms with Gasteiger partial charge in [0.2, 0.25) is 0 Å². The van der Waals surface area contributed by atoms with E-state index in [-0.39, 0.29) is 12.6 Å². The van der Waals surface area contributed by atoms with E-state index in [2.05, 4.69) is 16.0 Å². The number of hydrogen-bond donors (Lipinski definition) is 3. The van der Waals surface area contributed by atoms with Gasteiger partial charge in [-0.05, 0) is 49.6 Å². The van der Waals surface area contributed by atoms with Gasteiger partial charge in [0.25, 0.3) is 0 Å². The van der Waals surface area contributed by atoms with E-state index in [0.717, 1.165) is 27.9 Å². The number of methoxy groups -OCH3 is 1. The number of ether oxygens (including phenoxy) is 1. The highest BCUT2D eigenvalue weighted by Crippen LogP contribution is 2.30. The van der Waals surface area contributed by atoms with Crippen LogP contribution in [-0.4, -0.2) is 25.7 Å². The Morgan fingerprint density at radius 3 is 2.55 bits per heavy atom. The molecule has 0 saturated heterocycles. The highest BCUT2D eigenvalue weighted by Gasteiger charge is 2.34. The lowest BCUT2D eigenvalue weighted by Crippen LogP contribution is -2.47. The van der Waals surface area contributed by atoms with Gasteiger partial charge in [-0.3, -0.25) is 0 Å². The first kappa shape index (κ1) is 20.7. The molecular formula is C22H24ClN3O3. The average Bonchev–Trinajstić information content (AvgIpc) is 2.69. The van der Waals surface area contributed by atoms with Gasteiger partial charge >= 0.3 is 12.0 Å². The van der Waals surface area contributed by atoms with Crippen molar-refractivity contribution < 1.29 is 14.3 Å². The van der Waals surface area contributed by atoms with E-state index in [1.54, 1.807) is 6.07 Å². The largest absolute Gasteiger partial charge is 0.466 e. The molecular weight excluding hydrogens is 390 g/mol. The first-order valence-electron chi connectivity index (χ1n) is 9.26. The molecule has 7 heteroatoms. The summed E-state index contributed by atoms with van der Waals surface area (Å²) in [6, 6.07) is 10.6. The van der Waals surface area contributed by atoms with Crippen molar-refractivity contribution in [1.29, 1.82) is 0 Å². The molecule has 1 aliphatic heterocycles. The zero-order valence-electron chi connectivity index (χ0n) is 16.9. The topological polar surface area (TPSA) is 79.5 Å². The summed E-state index contributed by atoms with van der Waals surface area (Å²) >= 11 is 6.19. The minimum Gasteiger partial charge on any atom is -0.466 e. The third-order valence-corrected chi connectivity index (χ3v) is 5.35. The van der Waals surface area contributed by atoms with Crippen LogP contribution in [0.25, 0.3) is 0 Å². The van der Waals surface area contributed by atoms with Crippen LogP contribution in [0.3, 0.4) is 0 Å². The summed E-state index contributed by atoms with van der Waals surface area (Å²) in [5.41, 5.74) is 5.45. The maximum absolute atomic E-state index is 12.7. The number of halogens is 1. The highest BCUT2D eigenvalue weighted by molar-refractivity contribution is 6.31. The number of aryl methyl sites for hydroxylation is 3. The van der Waals surface area contributed by atoms with Gasteiger partial charge in [-0.2, -0.15) is 0 Å². The normalized spacial score (nSPS) is 16.2. The molecule has 1 heterocycles. The number of carbonyl (C=O) groups is 2. The lowest BCUT2D eigenvalue weighted by Gasteiger charge is -2.30. The minimum atomic E-state index is -0.602. The number of anilines is 1. The number of rotatable bonds is 5. The molecule has 0 saturated carbocycles. The number of hydrogen-bond acceptors (Lipinski definition) is 4. The van der Waals surface area contributed by atoms with Gasteiger partial charge in [-0.1, -0.05) is 41.4 Å². The fraction of sp³-hybridized carbons (Fsp3) is 0.273. The monoisotopic (exact) mass is 413 g/mol. The first-order chi connectivity index (χ1) is 13.8. The summed E-state index contributed by atoms with van der Waals surface area (Å²) in [4.78, 5) is 25.0. The van der Waals surface area contributed by atoms with E-state index in [0.29, 0.717) is 16.3 Å². The quantitative estimate of drug-likeness (QED) is 0.643. The number of esters is 1. The summed E-state index contributed by atoms with van der Waals surface area (Å²) in [6.07, 6.45) is 0. The fourth-order valence-corrected chi connectivity index (χ4v) is 3.49. The lowest BCUT2D eigenvalue weighted by molar-refractivity contribution is -0.136. The van der Waals surface area contributed by atoms with E-state index in [1.807, 2.05) is 51.1 Å². The van der Waals surface area contributed by atoms with Crippen molar-refractivity contribution in [3.05, 3.63) is 74.9 Å². The zero-order valence-corrected chi connectivity index (χ0v) is 17.6. The van der Waals surface area contributed by atoms with Crippen LogP contribution in [0.5, 0.6) is 0 Å². The van der Waals surface area contributed by atoms with E-state index < -0.39 is 12.0 Å². The van der Waals surface area contributed by atoms with Crippen molar-refractivity contribution in [2.24, 2.45) is 0 Å². The SMILES string of the molecule is COC(=O)C1=C(CNc2ccc(C)c(Cl)c2)NC(=O)N[C@H]1c1cc(C)ccc1C. The van der Waals surface area contributed by atoms with Gasteiger partial charge in [0.1, 0.15) is 0 Å². The molecule has 3 N–H and O–H groups in total. The predicted molar refractivity (Wildman–Crippen MR) is 114 cm³/mol. The average molecular weight is 414 g/mol. The molecule has 0 aliphatic carbocycles. The standard InChI is InChI=1S/C22H24ClN3O3/c1-12-5-6-13(2)16(9-12)20-19(21(27)29-4)18(25-22(28)26-20)11-24-15-8-7-14(3)17(23)10-15/h5-10,20,24H,11H2,1-4H3,(H2,25,26,28)/t20-/m0/s1. The third-order valence-electron chi connectivity index (χ3n) is 4.95. The summed E-state index contributed by atoms with van der Waals surface area (Å²) in [5.74, 6) is -0.498. The van der Waals surface area contributed by atoms with Crippen molar-refractivity contribution in [2.45, 2.75) is 26.8 Å². The molecule has 6 nitrogen and oxygen atoms in total. The molecule has 2 aromatic rings. The molecule has 1 aliphatic rings. The summed E-state index contributed by atoms with van der Waals surface area (Å²) in [7, 11) is 1.33. The van der Waals surface area contributed by atoms with Crippen molar-refractivity contribution >= 4 is 29.3 Å². The molecule has 0 fully saturated rings. The maximum Gasteiger partial charge on any atom is 0.338 e. The van der Waals surface area contributed by atoms with Crippen LogP contribution in [0.15, 0.2) is 47.7 Å². The van der Waals surface area contributed by atoms with Crippen LogP contribution in [-0.2, 0) is 9.53 Å². The molecule has 0 bridgehead atoms. The van der Waals surface area contributed by atoms with Crippen LogP contribution in [0.1, 0.15) is 28.3 Å². The van der Waals surface area contributed by atoms with E-state index in [1.165, 1.54) is 7.11 Å². The smallest absolute Gasteiger partial charge is 0.338 e. The van der Waals surface area contributed by atoms with Crippen LogP contribution in [0.2, 0.25) is 5.02 Å². The Kier molecular flexibility index (Phi) is 6.13. The Morgan fingerprint density at radius 2 is 1.86 bits per heavy atom. The minimum absolute atomic E-state index is 0.235. The summed E-state index contributed by atoms with van der Waals surface area (Å²) in [5, 5.41) is 9.45. The number of nitrogens with one attached hydrogen (secondary N) is 3. The van der Waals surface area contributed by atoms with E-state index >= 15 is 0 Å². The molecule has 29 heavy (non-hydrogen) atoms. The Hall–Kier alpha value is -2.99. The van der Waals surface area contributed by atoms with Crippen LogP contribution in [0, 0.1) is 20.8 Å². The highest BCUT2D eigenvalue weighted by atomic mass is 35.5. The van der Waals surface area contributed by atoms with Gasteiger partial charge in [0, 0.05) is 10.7 Å². The molecule has 152 valence electrons. The van der Waals surface area contributed by atoms with E-state index in [9.17, 15) is 9.59 Å². The van der Waals surface area contributed by atoms with Crippen LogP contribution in [0.4, 0.5) is 10.5 Å². The Labute approximate surface area is 175 Å². The third kappa shape index (κ3) is 4.54. The Balaban J connectivity index is 2.00. The summed E-state index contributed by atoms with van der Waals surface area (Å²) < 4.78 is 5.03. The molecule has 2 amide bonds. The van der Waals surface area contributed by atoms with Gasteiger partial charge in [-0.25, -0.2) is 9.59 Å². The Bertz CT molecular complexity index is 1000. The summed E-state index contributed by atoms with van der Waals surface area (Å²) in [6.45, 7) is 6.07. The zero-order chi connectivity index (χ0) is 21.1. The van der Waals surface area contributed by atoms with Crippen molar-refractivity contribution in [3.63, 3.8) is 0 Å². The van der Waals surface area contributed by atoms with E-state index in [4.69, 9.17) is 16.3 Å². The fourth-order valence-electron chi connectivity index (χ4n) is 3.31. The number of benzene rings is 2. The van der Waals surface area contributed by atoms with Gasteiger partial charge in [-0.15, -0.1) is 0 Å². The lowest BCUT2D eigenvalue weighted by atomic mass is 9.91. The first-order valence-corrected chi connectivity index (χ1v) is 9.64. The molecule has 3 rings (SSSR count). The van der Waals surface area contributed by atoms with Gasteiger partial charge in [0.05, 0.1) is 31.0 Å². The van der Waals surface area contributed by atoms with Crippen molar-refractivity contribution in [3.8, 4) is 0 Å². The molecule has 1 atom stereocenters. The maximum atomic E-state index is 12.7. The van der Waals surface area contributed by atoms with Crippen molar-refractivity contribution in [2.75, 3.05) is 19.0 Å². The molecule has 0 unspecified atom stereocenters. The van der Waals surface area contributed by atoms with Crippen molar-refractivity contribution in [1.82, 2.24) is 10.6 Å². The van der Waals surface area contributed by atoms with Gasteiger partial charge in [0.15, 0.2) is 0 Å². The molecule has 0 radical (unpaired) electrons. The number of amides is 2. The second-order valence-electron chi connectivity index (χ2n) is 7.09. The second kappa shape index (κ2) is 8.57. The Morgan fingerprint density at radius 1 is 1.14 bits per heavy atom.